The molecule has 1 aromatic carbocycles. The average Bonchev–Trinajstić information content (AvgIpc) is 2.77. The van der Waals surface area contributed by atoms with Crippen molar-refractivity contribution in [2.45, 2.75) is 83.8 Å². The van der Waals surface area contributed by atoms with Gasteiger partial charge >= 0.3 is 5.97 Å². The molecular formula is C29H46O4Si. The number of carbonyl (C=O) groups excluding carboxylic acids is 1. The highest BCUT2D eigenvalue weighted by molar-refractivity contribution is 6.74. The molecule has 3 atom stereocenters. The van der Waals surface area contributed by atoms with E-state index in [1.807, 2.05) is 18.2 Å². The number of hydrogen-bond acceptors (Lipinski definition) is 4. The second-order valence-electron chi connectivity index (χ2n) is 11.4. The second-order valence-corrected chi connectivity index (χ2v) is 16.3. The van der Waals surface area contributed by atoms with Gasteiger partial charge in [-0.15, -0.1) is 6.58 Å². The maximum absolute atomic E-state index is 12.8. The van der Waals surface area contributed by atoms with E-state index in [2.05, 4.69) is 66.1 Å². The Kier molecular flexibility index (Phi) is 9.78. The van der Waals surface area contributed by atoms with Crippen molar-refractivity contribution in [1.29, 1.82) is 0 Å². The molecule has 0 spiro atoms. The van der Waals surface area contributed by atoms with Gasteiger partial charge in [0.05, 0.1) is 19.1 Å². The zero-order chi connectivity index (χ0) is 25.6. The van der Waals surface area contributed by atoms with Crippen molar-refractivity contribution < 1.29 is 18.7 Å². The predicted molar refractivity (Wildman–Crippen MR) is 144 cm³/mol. The van der Waals surface area contributed by atoms with Crippen LogP contribution in [0.2, 0.25) is 18.1 Å². The van der Waals surface area contributed by atoms with Crippen LogP contribution in [0.3, 0.4) is 0 Å². The van der Waals surface area contributed by atoms with E-state index in [1.165, 1.54) is 18.2 Å². The van der Waals surface area contributed by atoms with Gasteiger partial charge in [-0.05, 0) is 80.3 Å². The molecule has 0 radical (unpaired) electrons. The van der Waals surface area contributed by atoms with Crippen LogP contribution < -0.4 is 4.74 Å². The lowest BCUT2D eigenvalue weighted by atomic mass is 9.61. The molecule has 1 aliphatic rings. The maximum atomic E-state index is 12.8. The molecule has 1 aromatic rings. The Morgan fingerprint density at radius 2 is 1.85 bits per heavy atom. The minimum absolute atomic E-state index is 0.127. The van der Waals surface area contributed by atoms with Crippen molar-refractivity contribution in [3.8, 4) is 5.75 Å². The number of benzene rings is 1. The van der Waals surface area contributed by atoms with E-state index in [4.69, 9.17) is 13.9 Å². The second kappa shape index (κ2) is 11.7. The van der Waals surface area contributed by atoms with Crippen LogP contribution in [-0.2, 0) is 14.0 Å². The molecule has 0 bridgehead atoms. The number of ether oxygens (including phenoxy) is 2. The topological polar surface area (TPSA) is 44.8 Å². The van der Waals surface area contributed by atoms with E-state index in [-0.39, 0.29) is 16.9 Å². The predicted octanol–water partition coefficient (Wildman–Crippen LogP) is 7.67. The summed E-state index contributed by atoms with van der Waals surface area (Å²) in [7, 11) is -0.225. The molecule has 190 valence electrons. The van der Waals surface area contributed by atoms with Crippen LogP contribution in [-0.4, -0.2) is 34.6 Å². The van der Waals surface area contributed by atoms with Gasteiger partial charge in [-0.3, -0.25) is 4.79 Å². The molecule has 0 saturated heterocycles. The lowest BCUT2D eigenvalue weighted by Gasteiger charge is -2.43. The van der Waals surface area contributed by atoms with Crippen molar-refractivity contribution in [1.82, 2.24) is 0 Å². The Morgan fingerprint density at radius 1 is 1.21 bits per heavy atom. The van der Waals surface area contributed by atoms with Gasteiger partial charge < -0.3 is 13.9 Å². The van der Waals surface area contributed by atoms with E-state index in [0.29, 0.717) is 18.9 Å². The summed E-state index contributed by atoms with van der Waals surface area (Å²) in [5.74, 6) is 1.31. The van der Waals surface area contributed by atoms with Crippen LogP contribution in [0.5, 0.6) is 5.75 Å². The van der Waals surface area contributed by atoms with Gasteiger partial charge in [0.1, 0.15) is 5.75 Å². The molecular weight excluding hydrogens is 440 g/mol. The fraction of sp³-hybridized carbons (Fsp3) is 0.621. The van der Waals surface area contributed by atoms with E-state index >= 15 is 0 Å². The minimum Gasteiger partial charge on any atom is -0.494 e. The lowest BCUT2D eigenvalue weighted by molar-refractivity contribution is -0.155. The molecule has 2 rings (SSSR count). The van der Waals surface area contributed by atoms with E-state index in [0.717, 1.165) is 38.0 Å². The first-order valence-electron chi connectivity index (χ1n) is 12.6. The molecule has 1 aliphatic carbocycles. The molecule has 4 nitrogen and oxygen atoms in total. The largest absolute Gasteiger partial charge is 0.494 e. The number of methoxy groups -OCH3 is 1. The first kappa shape index (κ1) is 28.4. The Labute approximate surface area is 208 Å². The van der Waals surface area contributed by atoms with E-state index < -0.39 is 13.7 Å². The minimum atomic E-state index is -1.71. The van der Waals surface area contributed by atoms with Gasteiger partial charge in [0.15, 0.2) is 8.32 Å². The molecule has 1 saturated carbocycles. The summed E-state index contributed by atoms with van der Waals surface area (Å²) in [6.07, 6.45) is 5.83. The summed E-state index contributed by atoms with van der Waals surface area (Å²) >= 11 is 0. The normalized spacial score (nSPS) is 23.3. The summed E-state index contributed by atoms with van der Waals surface area (Å²) in [6, 6.07) is 8.37. The van der Waals surface area contributed by atoms with Gasteiger partial charge in [0.2, 0.25) is 0 Å². The summed E-state index contributed by atoms with van der Waals surface area (Å²) in [4.78, 5) is 12.8. The van der Waals surface area contributed by atoms with Crippen molar-refractivity contribution >= 4 is 14.3 Å². The third-order valence-electron chi connectivity index (χ3n) is 7.95. The Morgan fingerprint density at radius 3 is 2.38 bits per heavy atom. The van der Waals surface area contributed by atoms with Crippen molar-refractivity contribution in [2.75, 3.05) is 20.3 Å². The van der Waals surface area contributed by atoms with Crippen LogP contribution >= 0.6 is 0 Å². The summed E-state index contributed by atoms with van der Waals surface area (Å²) in [6.45, 7) is 22.9. The van der Waals surface area contributed by atoms with Gasteiger partial charge in [-0.1, -0.05) is 51.1 Å². The van der Waals surface area contributed by atoms with Gasteiger partial charge in [0, 0.05) is 13.0 Å². The van der Waals surface area contributed by atoms with Crippen LogP contribution in [0.4, 0.5) is 0 Å². The Bertz CT molecular complexity index is 837. The quantitative estimate of drug-likeness (QED) is 0.139. The molecule has 34 heavy (non-hydrogen) atoms. The number of rotatable bonds is 11. The first-order chi connectivity index (χ1) is 15.9. The number of esters is 1. The standard InChI is InChI=1S/C29H46O4Si/c1-10-17-29(27(30)31-7)18-16-25(22(2)3)26(21-29)23-12-14-24(15-13-23)32-19-11-20-33-34(8,9)28(4,5)6/h10,12-15,25-26H,1-2,11,16-21H2,3-9H3/t25-,26-,29-/m0/s1. The van der Waals surface area contributed by atoms with Crippen molar-refractivity contribution in [2.24, 2.45) is 11.3 Å². The molecule has 1 fully saturated rings. The smallest absolute Gasteiger partial charge is 0.312 e. The molecule has 5 heteroatoms. The molecule has 0 aromatic heterocycles. The highest BCUT2D eigenvalue weighted by Gasteiger charge is 2.46. The maximum Gasteiger partial charge on any atom is 0.312 e. The fourth-order valence-electron chi connectivity index (χ4n) is 4.79. The molecule has 0 unspecified atom stereocenters. The fourth-order valence-corrected chi connectivity index (χ4v) is 5.88. The van der Waals surface area contributed by atoms with Crippen LogP contribution in [0, 0.1) is 11.3 Å². The average molecular weight is 487 g/mol. The van der Waals surface area contributed by atoms with Crippen molar-refractivity contribution in [3.05, 3.63) is 54.6 Å². The summed E-state index contributed by atoms with van der Waals surface area (Å²) < 4.78 is 17.4. The third-order valence-corrected chi connectivity index (χ3v) is 12.5. The third kappa shape index (κ3) is 6.85. The number of carbonyl (C=O) groups is 1. The summed E-state index contributed by atoms with van der Waals surface area (Å²) in [5.41, 5.74) is 1.88. The molecule has 0 N–H and O–H groups in total. The SMILES string of the molecule is C=CC[C@]1(C(=O)OC)CC[C@@H](C(=C)C)[C@H](c2ccc(OCCCO[Si](C)(C)C(C)(C)C)cc2)C1. The zero-order valence-electron chi connectivity index (χ0n) is 22.5. The Hall–Kier alpha value is -1.85. The lowest BCUT2D eigenvalue weighted by Crippen LogP contribution is -2.41. The van der Waals surface area contributed by atoms with Gasteiger partial charge in [-0.2, -0.15) is 0 Å². The summed E-state index contributed by atoms with van der Waals surface area (Å²) in [5, 5.41) is 0.224. The highest BCUT2D eigenvalue weighted by Crippen LogP contribution is 2.51. The van der Waals surface area contributed by atoms with E-state index in [1.54, 1.807) is 0 Å². The van der Waals surface area contributed by atoms with E-state index in [9.17, 15) is 4.79 Å². The Balaban J connectivity index is 2.03. The highest BCUT2D eigenvalue weighted by atomic mass is 28.4. The number of hydrogen-bond donors (Lipinski definition) is 0. The van der Waals surface area contributed by atoms with Crippen LogP contribution in [0.25, 0.3) is 0 Å². The first-order valence-corrected chi connectivity index (χ1v) is 15.5. The van der Waals surface area contributed by atoms with Gasteiger partial charge in [-0.25, -0.2) is 0 Å². The number of allylic oxidation sites excluding steroid dienone is 2. The van der Waals surface area contributed by atoms with Crippen LogP contribution in [0.15, 0.2) is 49.1 Å². The molecule has 0 aliphatic heterocycles. The zero-order valence-corrected chi connectivity index (χ0v) is 23.5. The van der Waals surface area contributed by atoms with Crippen LogP contribution in [0.1, 0.15) is 71.3 Å². The molecule has 0 heterocycles. The van der Waals surface area contributed by atoms with Crippen molar-refractivity contribution in [3.63, 3.8) is 0 Å². The van der Waals surface area contributed by atoms with Gasteiger partial charge in [0.25, 0.3) is 0 Å². The monoisotopic (exact) mass is 486 g/mol. The molecule has 0 amide bonds.